The lowest BCUT2D eigenvalue weighted by atomic mass is 10.3. The molecule has 1 nitrogen and oxygen atoms in total. The Morgan fingerprint density at radius 1 is 1.40 bits per heavy atom. The van der Waals surface area contributed by atoms with Gasteiger partial charge in [0.05, 0.1) is 5.69 Å². The van der Waals surface area contributed by atoms with E-state index in [4.69, 9.17) is 6.42 Å². The predicted molar refractivity (Wildman–Crippen MR) is 38.9 cm³/mol. The van der Waals surface area contributed by atoms with E-state index < -0.39 is 0 Å². The van der Waals surface area contributed by atoms with Crippen molar-refractivity contribution in [1.29, 1.82) is 0 Å². The quantitative estimate of drug-likeness (QED) is 0.457. The van der Waals surface area contributed by atoms with Crippen LogP contribution >= 0.6 is 0 Å². The van der Waals surface area contributed by atoms with E-state index in [2.05, 4.69) is 11.4 Å². The Morgan fingerprint density at radius 2 is 2.10 bits per heavy atom. The molecule has 50 valence electrons. The van der Waals surface area contributed by atoms with Gasteiger partial charge in [0.2, 0.25) is 0 Å². The van der Waals surface area contributed by atoms with E-state index in [0.717, 1.165) is 0 Å². The molecule has 1 aromatic carbocycles. The zero-order valence-corrected chi connectivity index (χ0v) is 5.26. The number of anilines is 1. The minimum atomic E-state index is -0.333. The Kier molecular flexibility index (Phi) is 1.91. The number of halogens is 1. The van der Waals surface area contributed by atoms with E-state index >= 15 is 0 Å². The fourth-order valence-corrected chi connectivity index (χ4v) is 0.640. The van der Waals surface area contributed by atoms with Gasteiger partial charge in [0.15, 0.2) is 0 Å². The molecule has 0 spiro atoms. The van der Waals surface area contributed by atoms with Crippen molar-refractivity contribution in [2.45, 2.75) is 0 Å². The molecule has 0 radical (unpaired) electrons. The summed E-state index contributed by atoms with van der Waals surface area (Å²) in [6.45, 7) is 0. The summed E-state index contributed by atoms with van der Waals surface area (Å²) in [7, 11) is 0. The molecule has 0 atom stereocenters. The van der Waals surface area contributed by atoms with E-state index in [-0.39, 0.29) is 5.82 Å². The number of hydrogen-bond donors (Lipinski definition) is 1. The van der Waals surface area contributed by atoms with Gasteiger partial charge >= 0.3 is 0 Å². The smallest absolute Gasteiger partial charge is 0.147 e. The molecule has 1 aromatic rings. The van der Waals surface area contributed by atoms with Gasteiger partial charge < -0.3 is 5.32 Å². The Morgan fingerprint density at radius 3 is 2.70 bits per heavy atom. The number of para-hydroxylation sites is 1. The highest BCUT2D eigenvalue weighted by Gasteiger charge is 1.94. The average molecular weight is 135 g/mol. The summed E-state index contributed by atoms with van der Waals surface area (Å²) >= 11 is 0. The summed E-state index contributed by atoms with van der Waals surface area (Å²) in [5.74, 6) is -0.333. The number of benzene rings is 1. The third-order valence-electron chi connectivity index (χ3n) is 1.08. The molecule has 0 saturated heterocycles. The minimum absolute atomic E-state index is 0.333. The molecule has 0 aliphatic heterocycles. The summed E-state index contributed by atoms with van der Waals surface area (Å²) < 4.78 is 12.6. The summed E-state index contributed by atoms with van der Waals surface area (Å²) in [6.07, 6.45) is 4.90. The number of nitrogens with one attached hydrogen (secondary N) is 1. The van der Waals surface area contributed by atoms with Crippen molar-refractivity contribution < 1.29 is 4.39 Å². The molecule has 10 heavy (non-hydrogen) atoms. The maximum absolute atomic E-state index is 12.6. The highest BCUT2D eigenvalue weighted by molar-refractivity contribution is 5.48. The molecule has 0 heterocycles. The fourth-order valence-electron chi connectivity index (χ4n) is 0.640. The number of hydrogen-bond acceptors (Lipinski definition) is 1. The van der Waals surface area contributed by atoms with Crippen LogP contribution in [0.4, 0.5) is 10.1 Å². The molecule has 1 rings (SSSR count). The zero-order chi connectivity index (χ0) is 7.40. The molecular weight excluding hydrogens is 129 g/mol. The van der Waals surface area contributed by atoms with Gasteiger partial charge in [-0.15, -0.1) is 0 Å². The number of terminal acetylenes is 1. The van der Waals surface area contributed by atoms with Crippen molar-refractivity contribution in [3.8, 4) is 12.5 Å². The van der Waals surface area contributed by atoms with Gasteiger partial charge in [0.25, 0.3) is 0 Å². The van der Waals surface area contributed by atoms with Gasteiger partial charge in [-0.2, -0.15) is 0 Å². The van der Waals surface area contributed by atoms with Crippen LogP contribution < -0.4 is 5.32 Å². The zero-order valence-electron chi connectivity index (χ0n) is 5.26. The van der Waals surface area contributed by atoms with Gasteiger partial charge in [-0.3, -0.25) is 0 Å². The lowest BCUT2D eigenvalue weighted by Gasteiger charge is -1.97. The Balaban J connectivity index is 2.94. The highest BCUT2D eigenvalue weighted by atomic mass is 19.1. The first kappa shape index (κ1) is 6.63. The molecule has 0 aliphatic carbocycles. The third kappa shape index (κ3) is 1.26. The van der Waals surface area contributed by atoms with Crippen LogP contribution in [0.3, 0.4) is 0 Å². The summed E-state index contributed by atoms with van der Waals surface area (Å²) in [4.78, 5) is 0. The van der Waals surface area contributed by atoms with Gasteiger partial charge in [0, 0.05) is 6.04 Å². The molecule has 0 unspecified atom stereocenters. The second-order valence-electron chi connectivity index (χ2n) is 1.75. The van der Waals surface area contributed by atoms with Crippen LogP contribution in [0.15, 0.2) is 24.3 Å². The van der Waals surface area contributed by atoms with E-state index in [1.807, 2.05) is 0 Å². The molecule has 0 aromatic heterocycles. The molecule has 0 aliphatic rings. The largest absolute Gasteiger partial charge is 0.312 e. The van der Waals surface area contributed by atoms with Crippen molar-refractivity contribution in [3.63, 3.8) is 0 Å². The second-order valence-corrected chi connectivity index (χ2v) is 1.75. The molecule has 0 amide bonds. The lowest BCUT2D eigenvalue weighted by Crippen LogP contribution is -1.89. The van der Waals surface area contributed by atoms with E-state index in [0.29, 0.717) is 5.69 Å². The van der Waals surface area contributed by atoms with E-state index in [1.54, 1.807) is 18.2 Å². The van der Waals surface area contributed by atoms with Crippen LogP contribution in [-0.4, -0.2) is 0 Å². The van der Waals surface area contributed by atoms with Gasteiger partial charge in [-0.05, 0) is 12.1 Å². The minimum Gasteiger partial charge on any atom is -0.312 e. The summed E-state index contributed by atoms with van der Waals surface area (Å²) in [5.41, 5.74) is 0.338. The monoisotopic (exact) mass is 135 g/mol. The predicted octanol–water partition coefficient (Wildman–Crippen LogP) is 1.83. The first-order valence-corrected chi connectivity index (χ1v) is 2.81. The third-order valence-corrected chi connectivity index (χ3v) is 1.08. The topological polar surface area (TPSA) is 12.0 Å². The molecular formula is C8H6FN. The second kappa shape index (κ2) is 2.88. The van der Waals surface area contributed by atoms with Gasteiger partial charge in [-0.1, -0.05) is 18.6 Å². The van der Waals surface area contributed by atoms with Gasteiger partial charge in [-0.25, -0.2) is 4.39 Å². The molecule has 0 bridgehead atoms. The Bertz CT molecular complexity index is 262. The van der Waals surface area contributed by atoms with Crippen molar-refractivity contribution in [2.24, 2.45) is 0 Å². The molecule has 1 N–H and O–H groups in total. The standard InChI is InChI=1S/C8H6FN/c1-2-10-8-6-4-3-5-7(8)9/h1,3-6,10H. The maximum Gasteiger partial charge on any atom is 0.147 e. The van der Waals surface area contributed by atoms with Crippen molar-refractivity contribution in [1.82, 2.24) is 0 Å². The van der Waals surface area contributed by atoms with Crippen LogP contribution in [0.2, 0.25) is 0 Å². The normalized spacial score (nSPS) is 8.40. The Hall–Kier alpha value is -1.49. The van der Waals surface area contributed by atoms with Crippen LogP contribution in [0.5, 0.6) is 0 Å². The van der Waals surface area contributed by atoms with Gasteiger partial charge in [0.1, 0.15) is 5.82 Å². The van der Waals surface area contributed by atoms with Crippen molar-refractivity contribution in [2.75, 3.05) is 5.32 Å². The van der Waals surface area contributed by atoms with Crippen LogP contribution in [0, 0.1) is 18.3 Å². The van der Waals surface area contributed by atoms with E-state index in [9.17, 15) is 4.39 Å². The first-order valence-electron chi connectivity index (χ1n) is 2.81. The summed E-state index contributed by atoms with van der Waals surface area (Å²) in [5, 5.41) is 2.43. The van der Waals surface area contributed by atoms with Crippen molar-refractivity contribution in [3.05, 3.63) is 30.1 Å². The molecule has 0 fully saturated rings. The maximum atomic E-state index is 12.6. The lowest BCUT2D eigenvalue weighted by molar-refractivity contribution is 0.632. The van der Waals surface area contributed by atoms with E-state index in [1.165, 1.54) is 6.07 Å². The summed E-state index contributed by atoms with van der Waals surface area (Å²) in [6, 6.07) is 8.38. The van der Waals surface area contributed by atoms with Crippen LogP contribution in [0.1, 0.15) is 0 Å². The molecule has 0 saturated carbocycles. The average Bonchev–Trinajstić information content (AvgIpc) is 1.94. The molecule has 2 heteroatoms. The SMILES string of the molecule is C#CNc1ccccc1F. The number of rotatable bonds is 1. The van der Waals surface area contributed by atoms with Crippen molar-refractivity contribution >= 4 is 5.69 Å². The van der Waals surface area contributed by atoms with Crippen LogP contribution in [0.25, 0.3) is 0 Å². The highest BCUT2D eigenvalue weighted by Crippen LogP contribution is 2.10. The Labute approximate surface area is 58.9 Å². The fraction of sp³-hybridized carbons (Fsp3) is 0. The first-order chi connectivity index (χ1) is 4.84. The van der Waals surface area contributed by atoms with Crippen LogP contribution in [-0.2, 0) is 0 Å².